The van der Waals surface area contributed by atoms with E-state index in [0.29, 0.717) is 6.42 Å². The highest BCUT2D eigenvalue weighted by molar-refractivity contribution is 5.76. The smallest absolute Gasteiger partial charge is 0.220 e. The van der Waals surface area contributed by atoms with E-state index >= 15 is 0 Å². The van der Waals surface area contributed by atoms with Crippen molar-refractivity contribution in [2.75, 3.05) is 13.2 Å². The quantitative estimate of drug-likeness (QED) is 0.0261. The Morgan fingerprint density at radius 3 is 1.10 bits per heavy atom. The van der Waals surface area contributed by atoms with Crippen molar-refractivity contribution in [1.82, 2.24) is 5.32 Å². The molecular formula is C78H133NO8. The summed E-state index contributed by atoms with van der Waals surface area (Å²) in [6.45, 7) is 3.66. The highest BCUT2D eigenvalue weighted by Crippen LogP contribution is 2.23. The molecule has 0 aromatic rings. The Morgan fingerprint density at radius 1 is 0.402 bits per heavy atom. The van der Waals surface area contributed by atoms with Gasteiger partial charge in [0.1, 0.15) is 24.4 Å². The van der Waals surface area contributed by atoms with Crippen LogP contribution in [0.25, 0.3) is 0 Å². The van der Waals surface area contributed by atoms with Crippen LogP contribution in [0.3, 0.4) is 0 Å². The number of unbranched alkanes of at least 4 members (excludes halogenated alkanes) is 31. The summed E-state index contributed by atoms with van der Waals surface area (Å²) in [5.74, 6) is -0.208. The van der Waals surface area contributed by atoms with E-state index < -0.39 is 49.5 Å². The summed E-state index contributed by atoms with van der Waals surface area (Å²) < 4.78 is 11.3. The monoisotopic (exact) mass is 1210 g/mol. The summed E-state index contributed by atoms with van der Waals surface area (Å²) in [6.07, 6.45) is 92.7. The minimum atomic E-state index is -1.59. The van der Waals surface area contributed by atoms with Crippen LogP contribution >= 0.6 is 0 Å². The molecule has 0 aromatic heterocycles. The molecule has 1 amide bonds. The molecule has 1 aliphatic heterocycles. The van der Waals surface area contributed by atoms with Crippen LogP contribution < -0.4 is 5.32 Å². The Morgan fingerprint density at radius 2 is 0.724 bits per heavy atom. The summed E-state index contributed by atoms with van der Waals surface area (Å²) in [7, 11) is 0. The van der Waals surface area contributed by atoms with Crippen LogP contribution in [0.4, 0.5) is 0 Å². The normalized spacial score (nSPS) is 18.8. The highest BCUT2D eigenvalue weighted by Gasteiger charge is 2.44. The van der Waals surface area contributed by atoms with Gasteiger partial charge in [-0.15, -0.1) is 0 Å². The third-order valence-corrected chi connectivity index (χ3v) is 16.2. The summed E-state index contributed by atoms with van der Waals surface area (Å²) in [4.78, 5) is 13.1. The van der Waals surface area contributed by atoms with Crippen LogP contribution in [-0.4, -0.2) is 87.5 Å². The number of rotatable bonds is 61. The molecular weight excluding hydrogens is 1080 g/mol. The molecule has 87 heavy (non-hydrogen) atoms. The zero-order valence-electron chi connectivity index (χ0n) is 55.7. The van der Waals surface area contributed by atoms with E-state index in [0.717, 1.165) is 116 Å². The van der Waals surface area contributed by atoms with Crippen LogP contribution in [0.5, 0.6) is 0 Å². The second-order valence-electron chi connectivity index (χ2n) is 24.3. The molecule has 9 nitrogen and oxygen atoms in total. The van der Waals surface area contributed by atoms with Crippen LogP contribution in [-0.2, 0) is 14.3 Å². The molecule has 0 bridgehead atoms. The van der Waals surface area contributed by atoms with Gasteiger partial charge in [0.25, 0.3) is 0 Å². The minimum absolute atomic E-state index is 0.208. The standard InChI is InChI=1S/C78H133NO8/c1-3-5-7-9-11-13-15-17-19-21-23-25-27-29-31-33-35-36-38-40-42-44-46-48-50-52-54-56-58-60-62-64-66-68-74(82)79-71(70-86-78-77(85)76(84)75(83)73(69-80)87-78)72(81)67-65-63-61-59-57-55-53-51-49-47-45-43-41-39-37-34-32-30-28-26-24-22-20-18-16-14-12-10-8-6-4-2/h5,7,11,13,17,19,23,25,29,31,35-36,40,42,46,48,52,54,57,59,65,67,71-73,75-78,80-81,83-85H,3-4,6,8-10,12,14-16,18,20-22,24,26-28,30,32-34,37-39,41,43-45,47,49-51,53,55-56,58,60-64,66,68-70H2,1-2H3,(H,79,82)/b7-5-,13-11-,19-17-,25-23-,31-29-,36-35-,42-40-,48-46-,54-52-,59-57+,67-65+. The average molecular weight is 1210 g/mol. The number of aliphatic hydroxyl groups is 5. The first-order chi connectivity index (χ1) is 42.8. The average Bonchev–Trinajstić information content (AvgIpc) is 3.38. The van der Waals surface area contributed by atoms with Gasteiger partial charge in [0.05, 0.1) is 25.4 Å². The molecule has 7 atom stereocenters. The Bertz CT molecular complexity index is 1840. The second-order valence-corrected chi connectivity index (χ2v) is 24.3. The summed E-state index contributed by atoms with van der Waals surface area (Å²) >= 11 is 0. The third-order valence-electron chi connectivity index (χ3n) is 16.2. The number of ether oxygens (including phenoxy) is 2. The van der Waals surface area contributed by atoms with E-state index in [9.17, 15) is 30.3 Å². The third kappa shape index (κ3) is 53.8. The molecule has 1 rings (SSSR count). The van der Waals surface area contributed by atoms with Gasteiger partial charge >= 0.3 is 0 Å². The lowest BCUT2D eigenvalue weighted by molar-refractivity contribution is -0.302. The van der Waals surface area contributed by atoms with Crippen molar-refractivity contribution in [3.8, 4) is 0 Å². The molecule has 1 heterocycles. The number of allylic oxidation sites excluding steroid dienone is 21. The van der Waals surface area contributed by atoms with Gasteiger partial charge in [-0.1, -0.05) is 321 Å². The predicted molar refractivity (Wildman–Crippen MR) is 373 cm³/mol. The van der Waals surface area contributed by atoms with Crippen molar-refractivity contribution in [2.24, 2.45) is 0 Å². The maximum Gasteiger partial charge on any atom is 0.220 e. The number of hydrogen-bond acceptors (Lipinski definition) is 8. The molecule has 0 aromatic carbocycles. The molecule has 0 radical (unpaired) electrons. The molecule has 498 valence electrons. The van der Waals surface area contributed by atoms with Gasteiger partial charge in [-0.3, -0.25) is 4.79 Å². The summed E-state index contributed by atoms with van der Waals surface area (Å²) in [5.41, 5.74) is 0. The van der Waals surface area contributed by atoms with E-state index in [4.69, 9.17) is 9.47 Å². The summed E-state index contributed by atoms with van der Waals surface area (Å²) in [6, 6.07) is -0.845. The fourth-order valence-electron chi connectivity index (χ4n) is 10.6. The van der Waals surface area contributed by atoms with Gasteiger partial charge in [0, 0.05) is 6.42 Å². The van der Waals surface area contributed by atoms with E-state index in [-0.39, 0.29) is 12.5 Å². The van der Waals surface area contributed by atoms with Crippen molar-refractivity contribution < 1.29 is 39.8 Å². The van der Waals surface area contributed by atoms with Crippen molar-refractivity contribution >= 4 is 5.91 Å². The van der Waals surface area contributed by atoms with Crippen LogP contribution in [0.1, 0.15) is 296 Å². The molecule has 1 fully saturated rings. The molecule has 7 unspecified atom stereocenters. The molecule has 0 saturated carbocycles. The zero-order chi connectivity index (χ0) is 62.8. The number of carbonyl (C=O) groups excluding carboxylic acids is 1. The molecule has 1 saturated heterocycles. The lowest BCUT2D eigenvalue weighted by Crippen LogP contribution is -2.60. The first-order valence-electron chi connectivity index (χ1n) is 35.9. The lowest BCUT2D eigenvalue weighted by atomic mass is 9.99. The van der Waals surface area contributed by atoms with Crippen LogP contribution in [0.15, 0.2) is 134 Å². The Hall–Kier alpha value is -3.67. The maximum atomic E-state index is 13.1. The number of amides is 1. The van der Waals surface area contributed by atoms with Gasteiger partial charge in [-0.2, -0.15) is 0 Å². The minimum Gasteiger partial charge on any atom is -0.394 e. The molecule has 0 aliphatic carbocycles. The predicted octanol–water partition coefficient (Wildman–Crippen LogP) is 20.0. The van der Waals surface area contributed by atoms with E-state index in [2.05, 4.69) is 141 Å². The fraction of sp³-hybridized carbons (Fsp3) is 0.705. The number of hydrogen-bond donors (Lipinski definition) is 6. The Labute approximate surface area is 534 Å². The summed E-state index contributed by atoms with van der Waals surface area (Å²) in [5, 5.41) is 54.8. The van der Waals surface area contributed by atoms with Gasteiger partial charge in [-0.25, -0.2) is 0 Å². The largest absolute Gasteiger partial charge is 0.394 e. The Balaban J connectivity index is 2.20. The first-order valence-corrected chi connectivity index (χ1v) is 35.9. The SMILES string of the molecule is CC/C=C\C/C=C\C/C=C\C/C=C\C/C=C\C/C=C\C/C=C\C/C=C\C/C=C\CCCCCCCC(=O)NC(COC1OC(CO)C(O)C(O)C1O)C(O)/C=C/CC/C=C/CCCCCCCCCCCCCCCCCCCCCCCCCCC. The van der Waals surface area contributed by atoms with Crippen molar-refractivity contribution in [1.29, 1.82) is 0 Å². The molecule has 1 aliphatic rings. The van der Waals surface area contributed by atoms with Crippen molar-refractivity contribution in [2.45, 2.75) is 339 Å². The number of nitrogens with one attached hydrogen (secondary N) is 1. The van der Waals surface area contributed by atoms with Gasteiger partial charge < -0.3 is 40.3 Å². The Kier molecular flexibility index (Phi) is 61.0. The van der Waals surface area contributed by atoms with Gasteiger partial charge in [0.15, 0.2) is 6.29 Å². The van der Waals surface area contributed by atoms with E-state index in [1.165, 1.54) is 161 Å². The number of carbonyl (C=O) groups is 1. The zero-order valence-corrected chi connectivity index (χ0v) is 55.7. The van der Waals surface area contributed by atoms with E-state index in [1.54, 1.807) is 6.08 Å². The molecule has 6 N–H and O–H groups in total. The van der Waals surface area contributed by atoms with Crippen molar-refractivity contribution in [3.63, 3.8) is 0 Å². The molecule has 9 heteroatoms. The fourth-order valence-corrected chi connectivity index (χ4v) is 10.6. The van der Waals surface area contributed by atoms with Crippen LogP contribution in [0.2, 0.25) is 0 Å². The molecule has 0 spiro atoms. The number of aliphatic hydroxyl groups excluding tert-OH is 5. The van der Waals surface area contributed by atoms with Crippen molar-refractivity contribution in [3.05, 3.63) is 134 Å². The van der Waals surface area contributed by atoms with Gasteiger partial charge in [-0.05, 0) is 103 Å². The lowest BCUT2D eigenvalue weighted by Gasteiger charge is -2.40. The first kappa shape index (κ1) is 81.3. The second kappa shape index (κ2) is 65.3. The van der Waals surface area contributed by atoms with Gasteiger partial charge in [0.2, 0.25) is 5.91 Å². The van der Waals surface area contributed by atoms with Crippen LogP contribution in [0, 0.1) is 0 Å². The van der Waals surface area contributed by atoms with E-state index in [1.807, 2.05) is 6.08 Å². The topological polar surface area (TPSA) is 149 Å². The highest BCUT2D eigenvalue weighted by atomic mass is 16.7. The maximum absolute atomic E-state index is 13.1.